The summed E-state index contributed by atoms with van der Waals surface area (Å²) in [6.45, 7) is 2.09. The second kappa shape index (κ2) is 2.86. The third-order valence-electron chi connectivity index (χ3n) is 4.02. The summed E-state index contributed by atoms with van der Waals surface area (Å²) in [6.07, 6.45) is 0.919. The molecule has 0 amide bonds. The van der Waals surface area contributed by atoms with E-state index in [4.69, 9.17) is 10.2 Å². The molecule has 1 heterocycles. The summed E-state index contributed by atoms with van der Waals surface area (Å²) in [6, 6.07) is 3.50. The molecule has 0 aliphatic heterocycles. The van der Waals surface area contributed by atoms with Crippen LogP contribution in [0.25, 0.3) is 0 Å². The number of furan rings is 1. The Hall–Kier alpha value is -0.900. The summed E-state index contributed by atoms with van der Waals surface area (Å²) in [5.41, 5.74) is 4.25. The minimum atomic E-state index is -2.69. The average Bonchev–Trinajstić information content (AvgIpc) is 3.00. The molecule has 3 rings (SSSR count). The molecular weight excluding hydrogens is 212 g/mol. The molecule has 2 aliphatic rings. The first-order valence-corrected chi connectivity index (χ1v) is 5.68. The highest BCUT2D eigenvalue weighted by molar-refractivity contribution is 5.34. The van der Waals surface area contributed by atoms with Crippen molar-refractivity contribution in [3.8, 4) is 0 Å². The molecule has 1 aromatic rings. The van der Waals surface area contributed by atoms with Gasteiger partial charge in [-0.1, -0.05) is 6.92 Å². The van der Waals surface area contributed by atoms with Crippen LogP contribution in [0.2, 0.25) is 0 Å². The molecule has 2 N–H and O–H groups in total. The van der Waals surface area contributed by atoms with Crippen molar-refractivity contribution in [2.75, 3.05) is 6.54 Å². The van der Waals surface area contributed by atoms with Crippen LogP contribution < -0.4 is 5.73 Å². The van der Waals surface area contributed by atoms with Gasteiger partial charge in [-0.2, -0.15) is 0 Å². The normalized spacial score (nSPS) is 39.8. The quantitative estimate of drug-likeness (QED) is 0.862. The lowest BCUT2D eigenvalue weighted by Crippen LogP contribution is -2.26. The van der Waals surface area contributed by atoms with Crippen LogP contribution in [0.5, 0.6) is 0 Å². The van der Waals surface area contributed by atoms with Crippen LogP contribution in [0.1, 0.15) is 37.2 Å². The van der Waals surface area contributed by atoms with Crippen molar-refractivity contribution < 1.29 is 13.2 Å². The minimum absolute atomic E-state index is 0.0484. The Morgan fingerprint density at radius 3 is 2.56 bits per heavy atom. The molecule has 3 atom stereocenters. The van der Waals surface area contributed by atoms with Crippen LogP contribution in [-0.4, -0.2) is 12.5 Å². The van der Waals surface area contributed by atoms with Crippen molar-refractivity contribution in [1.29, 1.82) is 0 Å². The predicted molar refractivity (Wildman–Crippen MR) is 55.5 cm³/mol. The van der Waals surface area contributed by atoms with Crippen LogP contribution in [0.4, 0.5) is 8.78 Å². The van der Waals surface area contributed by atoms with Crippen molar-refractivity contribution >= 4 is 0 Å². The largest absolute Gasteiger partial charge is 0.465 e. The van der Waals surface area contributed by atoms with E-state index in [1.165, 1.54) is 0 Å². The summed E-state index contributed by atoms with van der Waals surface area (Å²) < 4.78 is 32.2. The summed E-state index contributed by atoms with van der Waals surface area (Å²) >= 11 is 0. The Morgan fingerprint density at radius 1 is 1.50 bits per heavy atom. The van der Waals surface area contributed by atoms with Gasteiger partial charge in [0.1, 0.15) is 16.9 Å². The third kappa shape index (κ3) is 1.19. The summed E-state index contributed by atoms with van der Waals surface area (Å²) in [7, 11) is 0. The van der Waals surface area contributed by atoms with E-state index in [9.17, 15) is 8.78 Å². The van der Waals surface area contributed by atoms with Crippen molar-refractivity contribution in [2.24, 2.45) is 11.7 Å². The van der Waals surface area contributed by atoms with Gasteiger partial charge in [-0.3, -0.25) is 0 Å². The standard InChI is InChI=1S/C12H15F2NO/c1-7-4-8(7)9-2-3-10(16-9)11(6-15)5-12(11,13)14/h2-3,7-8H,4-6,15H2,1H3. The van der Waals surface area contributed by atoms with Gasteiger partial charge in [0, 0.05) is 18.9 Å². The van der Waals surface area contributed by atoms with Gasteiger partial charge in [0.25, 0.3) is 5.92 Å². The molecule has 3 unspecified atom stereocenters. The molecule has 2 saturated carbocycles. The summed E-state index contributed by atoms with van der Waals surface area (Å²) in [5, 5.41) is 0. The first-order valence-electron chi connectivity index (χ1n) is 5.68. The number of halogens is 2. The molecule has 0 spiro atoms. The molecule has 16 heavy (non-hydrogen) atoms. The highest BCUT2D eigenvalue weighted by atomic mass is 19.3. The van der Waals surface area contributed by atoms with Gasteiger partial charge in [-0.15, -0.1) is 0 Å². The molecule has 2 aliphatic carbocycles. The predicted octanol–water partition coefficient (Wildman–Crippen LogP) is 2.64. The molecule has 2 nitrogen and oxygen atoms in total. The Morgan fingerprint density at radius 2 is 2.12 bits per heavy atom. The first-order chi connectivity index (χ1) is 7.50. The van der Waals surface area contributed by atoms with Crippen molar-refractivity contribution in [3.63, 3.8) is 0 Å². The van der Waals surface area contributed by atoms with Gasteiger partial charge in [0.2, 0.25) is 0 Å². The van der Waals surface area contributed by atoms with E-state index >= 15 is 0 Å². The number of rotatable bonds is 3. The maximum absolute atomic E-state index is 13.3. The Labute approximate surface area is 92.8 Å². The SMILES string of the molecule is CC1CC1c1ccc(C2(CN)CC2(F)F)o1. The average molecular weight is 227 g/mol. The molecule has 88 valence electrons. The highest BCUT2D eigenvalue weighted by Crippen LogP contribution is 2.61. The highest BCUT2D eigenvalue weighted by Gasteiger charge is 2.73. The van der Waals surface area contributed by atoms with Crippen LogP contribution in [0, 0.1) is 5.92 Å². The van der Waals surface area contributed by atoms with Crippen molar-refractivity contribution in [3.05, 3.63) is 23.7 Å². The Balaban J connectivity index is 1.88. The molecule has 2 fully saturated rings. The molecule has 0 aromatic carbocycles. The molecule has 1 aromatic heterocycles. The van der Waals surface area contributed by atoms with E-state index in [0.29, 0.717) is 17.6 Å². The smallest absolute Gasteiger partial charge is 0.263 e. The monoisotopic (exact) mass is 227 g/mol. The Kier molecular flexibility index (Phi) is 1.83. The molecule has 0 saturated heterocycles. The fourth-order valence-electron chi connectivity index (χ4n) is 2.45. The zero-order valence-corrected chi connectivity index (χ0v) is 9.17. The molecule has 4 heteroatoms. The number of hydrogen-bond donors (Lipinski definition) is 1. The molecule has 0 bridgehead atoms. The lowest BCUT2D eigenvalue weighted by molar-refractivity contribution is 0.0836. The zero-order chi connectivity index (χ0) is 11.6. The van der Waals surface area contributed by atoms with Crippen LogP contribution in [0.3, 0.4) is 0 Å². The lowest BCUT2D eigenvalue weighted by atomic mass is 10.0. The third-order valence-corrected chi connectivity index (χ3v) is 4.02. The molecular formula is C12H15F2NO. The van der Waals surface area contributed by atoms with Crippen molar-refractivity contribution in [1.82, 2.24) is 0 Å². The maximum Gasteiger partial charge on any atom is 0.263 e. The summed E-state index contributed by atoms with van der Waals surface area (Å²) in [5.74, 6) is -0.429. The van der Waals surface area contributed by atoms with Crippen LogP contribution >= 0.6 is 0 Å². The van der Waals surface area contributed by atoms with E-state index < -0.39 is 11.3 Å². The summed E-state index contributed by atoms with van der Waals surface area (Å²) in [4.78, 5) is 0. The van der Waals surface area contributed by atoms with Gasteiger partial charge >= 0.3 is 0 Å². The van der Waals surface area contributed by atoms with Gasteiger partial charge in [0.05, 0.1) is 0 Å². The number of alkyl halides is 2. The topological polar surface area (TPSA) is 39.2 Å². The first kappa shape index (κ1) is 10.3. The second-order valence-electron chi connectivity index (χ2n) is 5.19. The van der Waals surface area contributed by atoms with E-state index in [1.807, 2.05) is 6.07 Å². The second-order valence-corrected chi connectivity index (χ2v) is 5.19. The zero-order valence-electron chi connectivity index (χ0n) is 9.17. The number of hydrogen-bond acceptors (Lipinski definition) is 2. The van der Waals surface area contributed by atoms with E-state index in [-0.39, 0.29) is 13.0 Å². The fraction of sp³-hybridized carbons (Fsp3) is 0.667. The lowest BCUT2D eigenvalue weighted by Gasteiger charge is -2.10. The van der Waals surface area contributed by atoms with Crippen LogP contribution in [-0.2, 0) is 5.41 Å². The van der Waals surface area contributed by atoms with E-state index in [2.05, 4.69) is 6.92 Å². The van der Waals surface area contributed by atoms with Crippen LogP contribution in [0.15, 0.2) is 16.5 Å². The Bertz CT molecular complexity index is 428. The maximum atomic E-state index is 13.3. The van der Waals surface area contributed by atoms with E-state index in [1.54, 1.807) is 6.07 Å². The molecule has 0 radical (unpaired) electrons. The van der Waals surface area contributed by atoms with Gasteiger partial charge in [-0.05, 0) is 24.5 Å². The van der Waals surface area contributed by atoms with E-state index in [0.717, 1.165) is 12.2 Å². The van der Waals surface area contributed by atoms with Gasteiger partial charge in [0.15, 0.2) is 0 Å². The minimum Gasteiger partial charge on any atom is -0.465 e. The number of nitrogens with two attached hydrogens (primary N) is 1. The van der Waals surface area contributed by atoms with Crippen molar-refractivity contribution in [2.45, 2.75) is 37.0 Å². The fourth-order valence-corrected chi connectivity index (χ4v) is 2.45. The van der Waals surface area contributed by atoms with Gasteiger partial charge in [-0.25, -0.2) is 8.78 Å². The van der Waals surface area contributed by atoms with Gasteiger partial charge < -0.3 is 10.2 Å².